The van der Waals surface area contributed by atoms with Crippen LogP contribution in [0.1, 0.15) is 49.5 Å². The normalized spacial score (nSPS) is 23.0. The molecule has 1 amide bonds. The van der Waals surface area contributed by atoms with Crippen molar-refractivity contribution in [2.45, 2.75) is 51.6 Å². The molecule has 2 aliphatic carbocycles. The van der Waals surface area contributed by atoms with Gasteiger partial charge in [0, 0.05) is 24.2 Å². The van der Waals surface area contributed by atoms with Crippen LogP contribution in [0.3, 0.4) is 0 Å². The number of fused-ring (bicyclic) bond motifs is 2. The van der Waals surface area contributed by atoms with Crippen LogP contribution < -0.4 is 14.8 Å². The maximum absolute atomic E-state index is 13.0. The minimum absolute atomic E-state index is 0.0165. The Bertz CT molecular complexity index is 861. The first kappa shape index (κ1) is 18.8. The molecule has 2 fully saturated rings. The lowest BCUT2D eigenvalue weighted by atomic mass is 9.95. The number of benzene rings is 1. The lowest BCUT2D eigenvalue weighted by molar-refractivity contribution is 0.0911. The van der Waals surface area contributed by atoms with Crippen molar-refractivity contribution in [2.24, 2.45) is 11.8 Å². The highest BCUT2D eigenvalue weighted by molar-refractivity contribution is 5.94. The van der Waals surface area contributed by atoms with Crippen molar-refractivity contribution in [1.29, 1.82) is 0 Å². The Morgan fingerprint density at radius 3 is 2.71 bits per heavy atom. The predicted molar refractivity (Wildman–Crippen MR) is 108 cm³/mol. The molecular formula is C22H29N3O3. The number of nitrogens with one attached hydrogen (secondary N) is 1. The van der Waals surface area contributed by atoms with Crippen molar-refractivity contribution in [3.63, 3.8) is 0 Å². The zero-order valence-corrected chi connectivity index (χ0v) is 16.9. The largest absolute Gasteiger partial charge is 0.497 e. The number of rotatable bonds is 7. The third-order valence-electron chi connectivity index (χ3n) is 6.19. The molecule has 2 bridgehead atoms. The fraction of sp³-hybridized carbons (Fsp3) is 0.545. The van der Waals surface area contributed by atoms with E-state index in [1.807, 2.05) is 28.9 Å². The molecule has 4 rings (SSSR count). The van der Waals surface area contributed by atoms with Gasteiger partial charge in [0.05, 0.1) is 19.9 Å². The van der Waals surface area contributed by atoms with Crippen molar-refractivity contribution in [2.75, 3.05) is 14.2 Å². The van der Waals surface area contributed by atoms with Gasteiger partial charge in [-0.2, -0.15) is 5.10 Å². The summed E-state index contributed by atoms with van der Waals surface area (Å²) in [6.45, 7) is 2.80. The first-order chi connectivity index (χ1) is 13.6. The van der Waals surface area contributed by atoms with Crippen molar-refractivity contribution in [3.05, 3.63) is 30.0 Å². The molecule has 2 aliphatic rings. The van der Waals surface area contributed by atoms with Gasteiger partial charge in [-0.3, -0.25) is 9.48 Å². The van der Waals surface area contributed by atoms with Gasteiger partial charge < -0.3 is 14.8 Å². The molecule has 6 nitrogen and oxygen atoms in total. The van der Waals surface area contributed by atoms with E-state index in [4.69, 9.17) is 14.6 Å². The molecular weight excluding hydrogens is 354 g/mol. The molecule has 0 unspecified atom stereocenters. The second-order valence-corrected chi connectivity index (χ2v) is 7.96. The van der Waals surface area contributed by atoms with Crippen LogP contribution in [0.25, 0.3) is 11.3 Å². The van der Waals surface area contributed by atoms with Crippen molar-refractivity contribution < 1.29 is 14.3 Å². The fourth-order valence-electron chi connectivity index (χ4n) is 4.79. The molecule has 1 aromatic carbocycles. The Kier molecular flexibility index (Phi) is 5.29. The van der Waals surface area contributed by atoms with Crippen LogP contribution in [0.15, 0.2) is 24.3 Å². The van der Waals surface area contributed by atoms with Gasteiger partial charge in [0.15, 0.2) is 0 Å². The molecule has 0 spiro atoms. The lowest BCUT2D eigenvalue weighted by Gasteiger charge is -2.22. The Hall–Kier alpha value is -2.50. The summed E-state index contributed by atoms with van der Waals surface area (Å²) in [5, 5.41) is 8.00. The average molecular weight is 383 g/mol. The van der Waals surface area contributed by atoms with Crippen LogP contribution >= 0.6 is 0 Å². The summed E-state index contributed by atoms with van der Waals surface area (Å²) in [6, 6.07) is 7.83. The van der Waals surface area contributed by atoms with E-state index < -0.39 is 0 Å². The molecule has 150 valence electrons. The number of hydrogen-bond donors (Lipinski definition) is 1. The number of carbonyl (C=O) groups is 1. The summed E-state index contributed by atoms with van der Waals surface area (Å²) in [5.74, 6) is 2.84. The van der Waals surface area contributed by atoms with Gasteiger partial charge >= 0.3 is 0 Å². The standard InChI is InChI=1S/C22H29N3O3/c1-4-9-25-20(22(26)23-18-11-14-5-6-15(18)10-14)13-19(24-25)17-8-7-16(27-2)12-21(17)28-3/h7-8,12-15,18H,4-6,9-11H2,1-3H3,(H,23,26)/t14-,15-,18+/m0/s1. The van der Waals surface area contributed by atoms with E-state index in [9.17, 15) is 4.79 Å². The maximum Gasteiger partial charge on any atom is 0.269 e. The topological polar surface area (TPSA) is 65.4 Å². The first-order valence-electron chi connectivity index (χ1n) is 10.2. The molecule has 28 heavy (non-hydrogen) atoms. The second-order valence-electron chi connectivity index (χ2n) is 7.96. The highest BCUT2D eigenvalue weighted by Crippen LogP contribution is 2.44. The number of aryl methyl sites for hydroxylation is 1. The Morgan fingerprint density at radius 2 is 2.07 bits per heavy atom. The third kappa shape index (κ3) is 3.48. The fourth-order valence-corrected chi connectivity index (χ4v) is 4.79. The van der Waals surface area contributed by atoms with E-state index in [-0.39, 0.29) is 5.91 Å². The van der Waals surface area contributed by atoms with Gasteiger partial charge in [-0.25, -0.2) is 0 Å². The van der Waals surface area contributed by atoms with E-state index in [1.54, 1.807) is 14.2 Å². The maximum atomic E-state index is 13.0. The van der Waals surface area contributed by atoms with Crippen LogP contribution in [-0.4, -0.2) is 35.9 Å². The van der Waals surface area contributed by atoms with Crippen LogP contribution in [0.2, 0.25) is 0 Å². The number of aromatic nitrogens is 2. The van der Waals surface area contributed by atoms with Gasteiger partial charge in [-0.1, -0.05) is 13.3 Å². The average Bonchev–Trinajstić information content (AvgIpc) is 3.43. The van der Waals surface area contributed by atoms with Gasteiger partial charge in [0.1, 0.15) is 17.2 Å². The molecule has 0 aliphatic heterocycles. The smallest absolute Gasteiger partial charge is 0.269 e. The van der Waals surface area contributed by atoms with Crippen LogP contribution in [0.4, 0.5) is 0 Å². The second kappa shape index (κ2) is 7.86. The molecule has 2 saturated carbocycles. The van der Waals surface area contributed by atoms with Crippen LogP contribution in [-0.2, 0) is 6.54 Å². The van der Waals surface area contributed by atoms with Gasteiger partial charge in [0.2, 0.25) is 0 Å². The monoisotopic (exact) mass is 383 g/mol. The lowest BCUT2D eigenvalue weighted by Crippen LogP contribution is -2.39. The number of hydrogen-bond acceptors (Lipinski definition) is 4. The van der Waals surface area contributed by atoms with E-state index in [1.165, 1.54) is 19.3 Å². The minimum atomic E-state index is -0.0165. The Morgan fingerprint density at radius 1 is 1.21 bits per heavy atom. The number of methoxy groups -OCH3 is 2. The van der Waals surface area contributed by atoms with Gasteiger partial charge in [-0.05, 0) is 55.7 Å². The van der Waals surface area contributed by atoms with Crippen molar-refractivity contribution in [1.82, 2.24) is 15.1 Å². The highest BCUT2D eigenvalue weighted by atomic mass is 16.5. The number of ether oxygens (including phenoxy) is 2. The molecule has 2 aromatic rings. The zero-order chi connectivity index (χ0) is 19.7. The van der Waals surface area contributed by atoms with Crippen molar-refractivity contribution >= 4 is 5.91 Å². The SMILES string of the molecule is CCCn1nc(-c2ccc(OC)cc2OC)cc1C(=O)N[C@@H]1C[C@H]2CC[C@H]1C2. The first-order valence-corrected chi connectivity index (χ1v) is 10.2. The quantitative estimate of drug-likeness (QED) is 0.788. The summed E-state index contributed by atoms with van der Waals surface area (Å²) >= 11 is 0. The summed E-state index contributed by atoms with van der Waals surface area (Å²) in [6.07, 6.45) is 5.88. The Labute approximate surface area is 166 Å². The predicted octanol–water partition coefficient (Wildman–Crippen LogP) is 3.90. The minimum Gasteiger partial charge on any atom is -0.497 e. The van der Waals surface area contributed by atoms with Gasteiger partial charge in [-0.15, -0.1) is 0 Å². The number of nitrogens with zero attached hydrogens (tertiary/aromatic N) is 2. The Balaban J connectivity index is 1.61. The van der Waals surface area contributed by atoms with E-state index in [0.717, 1.165) is 35.8 Å². The highest BCUT2D eigenvalue weighted by Gasteiger charge is 2.40. The van der Waals surface area contributed by atoms with Crippen LogP contribution in [0.5, 0.6) is 11.5 Å². The molecule has 6 heteroatoms. The molecule has 3 atom stereocenters. The zero-order valence-electron chi connectivity index (χ0n) is 16.9. The third-order valence-corrected chi connectivity index (χ3v) is 6.19. The van der Waals surface area contributed by atoms with E-state index in [0.29, 0.717) is 29.9 Å². The molecule has 0 saturated heterocycles. The van der Waals surface area contributed by atoms with E-state index in [2.05, 4.69) is 12.2 Å². The molecule has 0 radical (unpaired) electrons. The molecule has 1 N–H and O–H groups in total. The summed E-state index contributed by atoms with van der Waals surface area (Å²) < 4.78 is 12.6. The van der Waals surface area contributed by atoms with E-state index >= 15 is 0 Å². The number of carbonyl (C=O) groups excluding carboxylic acids is 1. The summed E-state index contributed by atoms with van der Waals surface area (Å²) in [5.41, 5.74) is 2.22. The summed E-state index contributed by atoms with van der Waals surface area (Å²) in [4.78, 5) is 13.0. The van der Waals surface area contributed by atoms with Gasteiger partial charge in [0.25, 0.3) is 5.91 Å². The number of amides is 1. The summed E-state index contributed by atoms with van der Waals surface area (Å²) in [7, 11) is 3.26. The van der Waals surface area contributed by atoms with Crippen LogP contribution in [0, 0.1) is 11.8 Å². The van der Waals surface area contributed by atoms with Crippen molar-refractivity contribution in [3.8, 4) is 22.8 Å². The molecule has 1 heterocycles. The molecule has 1 aromatic heterocycles.